The number of halogens is 1. The van der Waals surface area contributed by atoms with Crippen LogP contribution in [0.3, 0.4) is 0 Å². The van der Waals surface area contributed by atoms with Crippen molar-refractivity contribution in [3.05, 3.63) is 77.1 Å². The van der Waals surface area contributed by atoms with Crippen molar-refractivity contribution >= 4 is 27.5 Å². The Bertz CT molecular complexity index is 1050. The number of benzene rings is 2. The minimum absolute atomic E-state index is 0.00318. The molecule has 0 atom stereocenters. The fourth-order valence-corrected chi connectivity index (χ4v) is 3.26. The monoisotopic (exact) mass is 387 g/mol. The first-order valence-electron chi connectivity index (χ1n) is 7.58. The fraction of sp³-hybridized carbons (Fsp3) is 0.0556. The molecule has 0 saturated heterocycles. The molecule has 8 heteroatoms. The average Bonchev–Trinajstić information content (AvgIpc) is 2.62. The van der Waals surface area contributed by atoms with Gasteiger partial charge in [-0.1, -0.05) is 29.3 Å². The summed E-state index contributed by atoms with van der Waals surface area (Å²) in [5, 5.41) is 0.562. The molecule has 0 saturated carbocycles. The zero-order valence-electron chi connectivity index (χ0n) is 13.7. The van der Waals surface area contributed by atoms with Crippen LogP contribution in [0.25, 0.3) is 11.4 Å². The molecule has 3 aromatic rings. The highest BCUT2D eigenvalue weighted by molar-refractivity contribution is 7.90. The number of aromatic nitrogens is 2. The number of carbonyl (C=O) groups is 1. The molecule has 0 aliphatic heterocycles. The third kappa shape index (κ3) is 4.07. The molecule has 1 amide bonds. The molecule has 3 rings (SSSR count). The van der Waals surface area contributed by atoms with Gasteiger partial charge in [-0.3, -0.25) is 4.79 Å². The number of carbonyl (C=O) groups excluding carboxylic acids is 1. The van der Waals surface area contributed by atoms with E-state index in [-0.39, 0.29) is 10.6 Å². The van der Waals surface area contributed by atoms with Gasteiger partial charge < -0.3 is 0 Å². The standard InChI is InChI=1S/C18H14ClN3O3S/c1-12-2-8-15(9-3-12)26(24,25)22-18(23)16-10-11-20-17(21-16)13-4-6-14(19)7-5-13/h2-11H,1H3,(H,22,23). The number of rotatable bonds is 4. The van der Waals surface area contributed by atoms with Crippen molar-refractivity contribution in [1.29, 1.82) is 0 Å². The Morgan fingerprint density at radius 2 is 1.65 bits per heavy atom. The topological polar surface area (TPSA) is 89.0 Å². The quantitative estimate of drug-likeness (QED) is 0.742. The van der Waals surface area contributed by atoms with E-state index in [1.165, 1.54) is 24.4 Å². The highest BCUT2D eigenvalue weighted by atomic mass is 35.5. The van der Waals surface area contributed by atoms with Gasteiger partial charge in [-0.2, -0.15) is 0 Å². The van der Waals surface area contributed by atoms with Gasteiger partial charge in [0.2, 0.25) is 0 Å². The maximum absolute atomic E-state index is 12.3. The van der Waals surface area contributed by atoms with Crippen LogP contribution in [-0.4, -0.2) is 24.3 Å². The molecular weight excluding hydrogens is 374 g/mol. The summed E-state index contributed by atoms with van der Waals surface area (Å²) in [7, 11) is -3.98. The largest absolute Gasteiger partial charge is 0.283 e. The summed E-state index contributed by atoms with van der Waals surface area (Å²) in [5.41, 5.74) is 1.52. The number of aryl methyl sites for hydroxylation is 1. The minimum atomic E-state index is -3.98. The van der Waals surface area contributed by atoms with Gasteiger partial charge in [0.15, 0.2) is 5.82 Å². The molecule has 0 unspecified atom stereocenters. The van der Waals surface area contributed by atoms with E-state index in [1.807, 2.05) is 11.6 Å². The van der Waals surface area contributed by atoms with Crippen LogP contribution in [0.5, 0.6) is 0 Å². The van der Waals surface area contributed by atoms with Crippen LogP contribution in [0.1, 0.15) is 16.1 Å². The van der Waals surface area contributed by atoms with E-state index in [2.05, 4.69) is 9.97 Å². The lowest BCUT2D eigenvalue weighted by molar-refractivity contribution is 0.0976. The average molecular weight is 388 g/mol. The normalized spacial score (nSPS) is 11.2. The van der Waals surface area contributed by atoms with Crippen molar-refractivity contribution in [2.75, 3.05) is 0 Å². The Hall–Kier alpha value is -2.77. The van der Waals surface area contributed by atoms with E-state index in [4.69, 9.17) is 11.6 Å². The maximum atomic E-state index is 12.3. The Kier molecular flexibility index (Phi) is 5.01. The number of nitrogens with zero attached hydrogens (tertiary/aromatic N) is 2. The first kappa shape index (κ1) is 18.0. The van der Waals surface area contributed by atoms with Crippen molar-refractivity contribution in [1.82, 2.24) is 14.7 Å². The zero-order chi connectivity index (χ0) is 18.7. The van der Waals surface area contributed by atoms with Gasteiger partial charge in [0.1, 0.15) is 5.69 Å². The van der Waals surface area contributed by atoms with Crippen molar-refractivity contribution in [3.63, 3.8) is 0 Å². The van der Waals surface area contributed by atoms with Crippen LogP contribution in [-0.2, 0) is 10.0 Å². The first-order chi connectivity index (χ1) is 12.3. The molecule has 0 bridgehead atoms. The summed E-state index contributed by atoms with van der Waals surface area (Å²) in [6.45, 7) is 1.84. The fourth-order valence-electron chi connectivity index (χ4n) is 2.17. The van der Waals surface area contributed by atoms with Gasteiger partial charge in [0, 0.05) is 16.8 Å². The molecule has 1 N–H and O–H groups in total. The van der Waals surface area contributed by atoms with E-state index >= 15 is 0 Å². The molecule has 2 aromatic carbocycles. The lowest BCUT2D eigenvalue weighted by Gasteiger charge is -2.08. The summed E-state index contributed by atoms with van der Waals surface area (Å²) in [5.74, 6) is -0.537. The first-order valence-corrected chi connectivity index (χ1v) is 9.44. The Balaban J connectivity index is 1.85. The summed E-state index contributed by atoms with van der Waals surface area (Å²) < 4.78 is 26.7. The van der Waals surface area contributed by atoms with Crippen molar-refractivity contribution in [2.24, 2.45) is 0 Å². The van der Waals surface area contributed by atoms with Crippen LogP contribution in [0.15, 0.2) is 65.7 Å². The number of sulfonamides is 1. The molecule has 0 spiro atoms. The summed E-state index contributed by atoms with van der Waals surface area (Å²) in [6, 6.07) is 14.3. The van der Waals surface area contributed by atoms with Gasteiger partial charge in [-0.25, -0.2) is 23.1 Å². The van der Waals surface area contributed by atoms with E-state index in [0.717, 1.165) is 5.56 Å². The van der Waals surface area contributed by atoms with Crippen LogP contribution in [0, 0.1) is 6.92 Å². The molecule has 132 valence electrons. The second-order valence-electron chi connectivity index (χ2n) is 5.52. The summed E-state index contributed by atoms with van der Waals surface area (Å²) in [4.78, 5) is 20.6. The zero-order valence-corrected chi connectivity index (χ0v) is 15.3. The van der Waals surface area contributed by atoms with Crippen molar-refractivity contribution in [2.45, 2.75) is 11.8 Å². The Labute approximate surface area is 155 Å². The molecule has 26 heavy (non-hydrogen) atoms. The van der Waals surface area contributed by atoms with Gasteiger partial charge in [-0.15, -0.1) is 0 Å². The van der Waals surface area contributed by atoms with E-state index in [0.29, 0.717) is 16.4 Å². The van der Waals surface area contributed by atoms with E-state index in [1.54, 1.807) is 36.4 Å². The van der Waals surface area contributed by atoms with Gasteiger partial charge in [-0.05, 0) is 49.4 Å². The lowest BCUT2D eigenvalue weighted by Crippen LogP contribution is -2.31. The predicted molar refractivity (Wildman–Crippen MR) is 98.3 cm³/mol. The number of nitrogens with one attached hydrogen (secondary N) is 1. The number of amides is 1. The summed E-state index contributed by atoms with van der Waals surface area (Å²) >= 11 is 5.85. The molecular formula is C18H14ClN3O3S. The Morgan fingerprint density at radius 3 is 2.31 bits per heavy atom. The summed E-state index contributed by atoms with van der Waals surface area (Å²) in [6.07, 6.45) is 1.39. The van der Waals surface area contributed by atoms with Crippen molar-refractivity contribution in [3.8, 4) is 11.4 Å². The van der Waals surface area contributed by atoms with Crippen molar-refractivity contribution < 1.29 is 13.2 Å². The van der Waals surface area contributed by atoms with Crippen LogP contribution in [0.2, 0.25) is 5.02 Å². The second kappa shape index (κ2) is 7.23. The molecule has 1 heterocycles. The van der Waals surface area contributed by atoms with Gasteiger partial charge in [0.25, 0.3) is 15.9 Å². The van der Waals surface area contributed by atoms with Crippen LogP contribution >= 0.6 is 11.6 Å². The molecule has 0 aliphatic carbocycles. The van der Waals surface area contributed by atoms with E-state index < -0.39 is 15.9 Å². The highest BCUT2D eigenvalue weighted by Crippen LogP contribution is 2.18. The lowest BCUT2D eigenvalue weighted by atomic mass is 10.2. The third-order valence-electron chi connectivity index (χ3n) is 3.55. The van der Waals surface area contributed by atoms with Gasteiger partial charge >= 0.3 is 0 Å². The minimum Gasteiger partial charge on any atom is -0.266 e. The van der Waals surface area contributed by atoms with E-state index in [9.17, 15) is 13.2 Å². The van der Waals surface area contributed by atoms with Crippen LogP contribution in [0.4, 0.5) is 0 Å². The molecule has 6 nitrogen and oxygen atoms in total. The predicted octanol–water partition coefficient (Wildman–Crippen LogP) is 3.22. The molecule has 0 fully saturated rings. The smallest absolute Gasteiger partial charge is 0.266 e. The molecule has 0 aliphatic rings. The number of hydrogen-bond donors (Lipinski definition) is 1. The second-order valence-corrected chi connectivity index (χ2v) is 7.64. The Morgan fingerprint density at radius 1 is 1.00 bits per heavy atom. The highest BCUT2D eigenvalue weighted by Gasteiger charge is 2.20. The SMILES string of the molecule is Cc1ccc(S(=O)(=O)NC(=O)c2ccnc(-c3ccc(Cl)cc3)n2)cc1. The molecule has 1 aromatic heterocycles. The third-order valence-corrected chi connectivity index (χ3v) is 5.15. The molecule has 0 radical (unpaired) electrons. The van der Waals surface area contributed by atoms with Gasteiger partial charge in [0.05, 0.1) is 4.90 Å². The van der Waals surface area contributed by atoms with Crippen LogP contribution < -0.4 is 4.72 Å². The number of hydrogen-bond acceptors (Lipinski definition) is 5. The maximum Gasteiger partial charge on any atom is 0.283 e.